The molecule has 8 nitrogen and oxygen atoms in total. The summed E-state index contributed by atoms with van der Waals surface area (Å²) in [5.41, 5.74) is 4.23. The zero-order valence-corrected chi connectivity index (χ0v) is 23.2. The number of nitrogen functional groups attached to an aromatic ring is 1. The molecule has 220 valence electrons. The summed E-state index contributed by atoms with van der Waals surface area (Å²) in [5.74, 6) is -2.90. The van der Waals surface area contributed by atoms with Crippen molar-refractivity contribution in [1.29, 1.82) is 5.26 Å². The maximum absolute atomic E-state index is 16.5. The van der Waals surface area contributed by atoms with Crippen LogP contribution in [0.2, 0.25) is 5.02 Å². The summed E-state index contributed by atoms with van der Waals surface area (Å²) < 4.78 is 77.5. The van der Waals surface area contributed by atoms with E-state index in [0.29, 0.717) is 13.0 Å². The Morgan fingerprint density at radius 1 is 1.31 bits per heavy atom. The molecule has 2 aromatic heterocycles. The van der Waals surface area contributed by atoms with Gasteiger partial charge in [0.2, 0.25) is 0 Å². The zero-order valence-electron chi connectivity index (χ0n) is 21.7. The number of benzene rings is 2. The summed E-state index contributed by atoms with van der Waals surface area (Å²) in [5, 5.41) is 22.2. The van der Waals surface area contributed by atoms with Gasteiger partial charge in [-0.25, -0.2) is 22.0 Å². The second-order valence-corrected chi connectivity index (χ2v) is 11.7. The number of nitrogens with zero attached hydrogens (tertiary/aromatic N) is 4. The number of nitrogens with two attached hydrogens (primary N) is 1. The van der Waals surface area contributed by atoms with E-state index in [0.717, 1.165) is 23.8 Å². The number of nitrogens with one attached hydrogen (secondary N) is 1. The first-order chi connectivity index (χ1) is 20.0. The van der Waals surface area contributed by atoms with Crippen LogP contribution in [0.25, 0.3) is 32.1 Å². The minimum atomic E-state index is -2.83. The lowest BCUT2D eigenvalue weighted by Crippen LogP contribution is -2.43. The number of ether oxygens (including phenoxy) is 1. The van der Waals surface area contributed by atoms with Crippen LogP contribution < -0.4 is 15.8 Å². The molecule has 6 rings (SSSR count). The zero-order chi connectivity index (χ0) is 29.9. The van der Waals surface area contributed by atoms with Crippen LogP contribution >= 0.6 is 22.9 Å². The number of thiophene rings is 1. The summed E-state index contributed by atoms with van der Waals surface area (Å²) in [6.45, 7) is 0.0281. The molecule has 0 unspecified atom stereocenters. The molecule has 4 heterocycles. The van der Waals surface area contributed by atoms with Crippen molar-refractivity contribution in [2.45, 2.75) is 37.4 Å². The summed E-state index contributed by atoms with van der Waals surface area (Å²) in [4.78, 5) is 10.3. The molecule has 0 radical (unpaired) electrons. The van der Waals surface area contributed by atoms with E-state index in [1.54, 1.807) is 0 Å². The van der Waals surface area contributed by atoms with Gasteiger partial charge in [-0.05, 0) is 31.0 Å². The fraction of sp³-hybridized carbons (Fsp3) is 0.370. The third-order valence-electron chi connectivity index (χ3n) is 7.83. The highest BCUT2D eigenvalue weighted by molar-refractivity contribution is 7.23. The summed E-state index contributed by atoms with van der Waals surface area (Å²) >= 11 is 7.24. The molecular weight excluding hydrogens is 603 g/mol. The summed E-state index contributed by atoms with van der Waals surface area (Å²) in [6, 6.07) is 3.73. The Balaban J connectivity index is 1.53. The summed E-state index contributed by atoms with van der Waals surface area (Å²) in [7, 11) is 0. The molecule has 0 aliphatic carbocycles. The molecular formula is C27H22ClF5N6O2S. The van der Waals surface area contributed by atoms with E-state index < -0.39 is 64.2 Å². The number of anilines is 2. The van der Waals surface area contributed by atoms with Gasteiger partial charge in [0.15, 0.2) is 5.82 Å². The third kappa shape index (κ3) is 4.50. The number of aromatic nitrogens is 2. The molecule has 42 heavy (non-hydrogen) atoms. The lowest BCUT2D eigenvalue weighted by atomic mass is 9.95. The van der Waals surface area contributed by atoms with Crippen molar-refractivity contribution in [3.8, 4) is 29.0 Å². The van der Waals surface area contributed by atoms with Crippen LogP contribution in [-0.2, 0) is 0 Å². The van der Waals surface area contributed by atoms with Gasteiger partial charge in [0, 0.05) is 23.9 Å². The Labute approximate surface area is 244 Å². The minimum Gasteiger partial charge on any atom is -0.506 e. The molecule has 4 N–H and O–H groups in total. The van der Waals surface area contributed by atoms with Crippen LogP contribution in [0.1, 0.15) is 24.8 Å². The van der Waals surface area contributed by atoms with Crippen molar-refractivity contribution in [2.24, 2.45) is 0 Å². The van der Waals surface area contributed by atoms with E-state index in [2.05, 4.69) is 15.3 Å². The van der Waals surface area contributed by atoms with E-state index in [1.165, 1.54) is 6.07 Å². The minimum absolute atomic E-state index is 0.000323. The molecule has 0 amide bonds. The SMILES string of the molecule is N#Cc1c(N)sc2c(F)ccc(-c3c(Cl)c(O)c4c(NCC(F)F)nc(OC[C@@]56CCCN5C[C@H](F)C6)nc4c3F)c12. The fourth-order valence-corrected chi connectivity index (χ4v) is 7.25. The first kappa shape index (κ1) is 28.4. The molecule has 2 aliphatic heterocycles. The number of aromatic hydroxyl groups is 1. The average molecular weight is 625 g/mol. The Bertz CT molecular complexity index is 1780. The second kappa shape index (κ2) is 10.6. The van der Waals surface area contributed by atoms with Gasteiger partial charge in [-0.1, -0.05) is 17.7 Å². The molecule has 15 heteroatoms. The lowest BCUT2D eigenvalue weighted by molar-refractivity contribution is 0.107. The van der Waals surface area contributed by atoms with Gasteiger partial charge < -0.3 is 20.9 Å². The van der Waals surface area contributed by atoms with Crippen LogP contribution in [0, 0.1) is 23.0 Å². The van der Waals surface area contributed by atoms with Crippen molar-refractivity contribution in [3.63, 3.8) is 0 Å². The normalized spacial score (nSPS) is 20.5. The predicted molar refractivity (Wildman–Crippen MR) is 149 cm³/mol. The van der Waals surface area contributed by atoms with Gasteiger partial charge in [0.05, 0.1) is 32.8 Å². The topological polar surface area (TPSA) is 120 Å². The third-order valence-corrected chi connectivity index (χ3v) is 9.23. The van der Waals surface area contributed by atoms with Crippen molar-refractivity contribution in [1.82, 2.24) is 14.9 Å². The van der Waals surface area contributed by atoms with Crippen molar-refractivity contribution in [3.05, 3.63) is 34.4 Å². The number of halogens is 6. The Morgan fingerprint density at radius 3 is 2.83 bits per heavy atom. The Morgan fingerprint density at radius 2 is 2.10 bits per heavy atom. The number of alkyl halides is 3. The number of rotatable bonds is 7. The van der Waals surface area contributed by atoms with Crippen LogP contribution in [-0.4, -0.2) is 64.4 Å². The van der Waals surface area contributed by atoms with Gasteiger partial charge in [-0.3, -0.25) is 4.90 Å². The highest BCUT2D eigenvalue weighted by atomic mass is 35.5. The highest BCUT2D eigenvalue weighted by Crippen LogP contribution is 2.49. The number of hydrogen-bond acceptors (Lipinski definition) is 9. The van der Waals surface area contributed by atoms with Crippen molar-refractivity contribution >= 4 is 54.7 Å². The number of nitriles is 1. The highest BCUT2D eigenvalue weighted by Gasteiger charge is 2.49. The maximum Gasteiger partial charge on any atom is 0.319 e. The molecule has 0 saturated carbocycles. The van der Waals surface area contributed by atoms with Crippen molar-refractivity contribution in [2.75, 3.05) is 37.3 Å². The molecule has 2 atom stereocenters. The first-order valence-electron chi connectivity index (χ1n) is 12.9. The first-order valence-corrected chi connectivity index (χ1v) is 14.1. The molecule has 0 bridgehead atoms. The summed E-state index contributed by atoms with van der Waals surface area (Å²) in [6.07, 6.45) is -2.13. The van der Waals surface area contributed by atoms with Gasteiger partial charge in [-0.15, -0.1) is 11.3 Å². The van der Waals surface area contributed by atoms with Crippen LogP contribution in [0.3, 0.4) is 0 Å². The quantitative estimate of drug-likeness (QED) is 0.207. The van der Waals surface area contributed by atoms with Gasteiger partial charge in [0.25, 0.3) is 6.43 Å². The second-order valence-electron chi connectivity index (χ2n) is 10.3. The van der Waals surface area contributed by atoms with Crippen LogP contribution in [0.5, 0.6) is 11.8 Å². The van der Waals surface area contributed by atoms with Crippen LogP contribution in [0.4, 0.5) is 32.8 Å². The van der Waals surface area contributed by atoms with E-state index in [1.807, 2.05) is 11.0 Å². The molecule has 2 saturated heterocycles. The number of phenols is 1. The van der Waals surface area contributed by atoms with Crippen LogP contribution in [0.15, 0.2) is 12.1 Å². The molecule has 2 fully saturated rings. The molecule has 4 aromatic rings. The largest absolute Gasteiger partial charge is 0.506 e. The number of hydrogen-bond donors (Lipinski definition) is 3. The van der Waals surface area contributed by atoms with E-state index >= 15 is 4.39 Å². The van der Waals surface area contributed by atoms with E-state index in [4.69, 9.17) is 22.1 Å². The monoisotopic (exact) mass is 624 g/mol. The van der Waals surface area contributed by atoms with Gasteiger partial charge in [-0.2, -0.15) is 15.2 Å². The number of fused-ring (bicyclic) bond motifs is 3. The average Bonchev–Trinajstić information content (AvgIpc) is 3.59. The fourth-order valence-electron chi connectivity index (χ4n) is 6.03. The Hall–Kier alpha value is -3.67. The standard InChI is InChI=1S/C27H22ClF5N6O2S/c28-19-17(12-2-3-14(30)23-16(12)13(7-34)24(35)42-23)20(33)21-18(22(19)40)25(36-8-15(31)32)38-26(37-21)41-10-27-4-1-5-39(27)9-11(29)6-27/h2-3,11,15,40H,1,4-6,8-10,35H2,(H,36,37,38)/t11-,27+/m1/s1. The molecule has 0 spiro atoms. The van der Waals surface area contributed by atoms with E-state index in [9.17, 15) is 27.9 Å². The lowest BCUT2D eigenvalue weighted by Gasteiger charge is -2.30. The van der Waals surface area contributed by atoms with Gasteiger partial charge in [0.1, 0.15) is 46.8 Å². The van der Waals surface area contributed by atoms with Gasteiger partial charge >= 0.3 is 6.01 Å². The Kier molecular flexibility index (Phi) is 7.15. The molecule has 2 aromatic carbocycles. The van der Waals surface area contributed by atoms with Crippen molar-refractivity contribution < 1.29 is 31.8 Å². The molecule has 2 aliphatic rings. The smallest absolute Gasteiger partial charge is 0.319 e. The van der Waals surface area contributed by atoms with E-state index in [-0.39, 0.29) is 57.0 Å². The number of phenolic OH excluding ortho intramolecular Hbond substituents is 1. The maximum atomic E-state index is 16.5. The predicted octanol–water partition coefficient (Wildman–Crippen LogP) is 6.23.